The molecule has 0 radical (unpaired) electrons. The minimum atomic E-state index is -4.75. The predicted octanol–water partition coefficient (Wildman–Crippen LogP) is 9.89. The maximum absolute atomic E-state index is 12.3. The lowest BCUT2D eigenvalue weighted by Crippen LogP contribution is -2.43. The topological polar surface area (TPSA) is 169 Å². The van der Waals surface area contributed by atoms with E-state index < -0.39 is 57.6 Å². The molecular weight excluding hydrogens is 685 g/mol. The van der Waals surface area contributed by atoms with Gasteiger partial charge in [0.1, 0.15) is 12.7 Å². The summed E-state index contributed by atoms with van der Waals surface area (Å²) < 4.78 is 26.8. The minimum Gasteiger partial charge on any atom is -0.480 e. The predicted molar refractivity (Wildman–Crippen MR) is 208 cm³/mol. The minimum absolute atomic E-state index is 0.131. The normalized spacial score (nSPS) is 14.1. The van der Waals surface area contributed by atoms with Crippen LogP contribution in [0.15, 0.2) is 24.3 Å². The number of nitrogens with one attached hydrogen (secondary N) is 1. The van der Waals surface area contributed by atoms with Gasteiger partial charge in [0.2, 0.25) is 5.91 Å². The van der Waals surface area contributed by atoms with E-state index in [0.717, 1.165) is 64.2 Å². The summed E-state index contributed by atoms with van der Waals surface area (Å²) in [4.78, 5) is 45.8. The van der Waals surface area contributed by atoms with Gasteiger partial charge in [-0.1, -0.05) is 154 Å². The Kier molecular flexibility index (Phi) is 34.6. The maximum atomic E-state index is 12.3. The number of aliphatic hydroxyl groups excluding tert-OH is 1. The van der Waals surface area contributed by atoms with Crippen LogP contribution < -0.4 is 5.32 Å². The Morgan fingerprint density at radius 2 is 1.08 bits per heavy atom. The molecule has 1 amide bonds. The maximum Gasteiger partial charge on any atom is 0.472 e. The van der Waals surface area contributed by atoms with E-state index in [1.807, 2.05) is 0 Å². The van der Waals surface area contributed by atoms with Crippen molar-refractivity contribution in [1.82, 2.24) is 5.32 Å². The Bertz CT molecular complexity index is 989. The molecule has 3 atom stereocenters. The van der Waals surface area contributed by atoms with Crippen molar-refractivity contribution >= 4 is 25.7 Å². The average molecular weight is 760 g/mol. The standard InChI is InChI=1S/C40H74NO10P/c1-3-5-7-9-11-13-15-17-19-21-23-25-27-29-31-38(43)41-37(40(45)46)35-51-52(47,48)50-34-36(42)33-49-39(44)32-30-28-26-24-22-20-18-16-14-12-10-8-6-4-2/h9,11,15,17,36-37,42H,3-8,10,12-14,16,18-35H2,1-2H3,(H,41,43)(H,45,46)(H,47,48)/b11-9-,17-15-. The highest BCUT2D eigenvalue weighted by Gasteiger charge is 2.28. The number of carboxylic acid groups (broad SMARTS) is 1. The second-order valence-electron chi connectivity index (χ2n) is 13.8. The molecule has 3 unspecified atom stereocenters. The number of rotatable bonds is 38. The zero-order valence-electron chi connectivity index (χ0n) is 32.6. The average Bonchev–Trinajstić information content (AvgIpc) is 3.11. The molecule has 304 valence electrons. The lowest BCUT2D eigenvalue weighted by Gasteiger charge is -2.18. The summed E-state index contributed by atoms with van der Waals surface area (Å²) in [6, 6.07) is -1.55. The number of hydrogen-bond acceptors (Lipinski definition) is 8. The lowest BCUT2D eigenvalue weighted by atomic mass is 10.0. The summed E-state index contributed by atoms with van der Waals surface area (Å²) in [7, 11) is -4.75. The largest absolute Gasteiger partial charge is 0.480 e. The van der Waals surface area contributed by atoms with E-state index in [2.05, 4.69) is 43.5 Å². The number of ether oxygens (including phenoxy) is 1. The van der Waals surface area contributed by atoms with Crippen LogP contribution in [-0.2, 0) is 32.7 Å². The molecular formula is C40H74NO10P. The van der Waals surface area contributed by atoms with Crippen LogP contribution in [0.25, 0.3) is 0 Å². The van der Waals surface area contributed by atoms with Crippen molar-refractivity contribution in [3.8, 4) is 0 Å². The summed E-state index contributed by atoms with van der Waals surface area (Å²) in [6.07, 6.45) is 34.9. The van der Waals surface area contributed by atoms with Crippen molar-refractivity contribution in [3.05, 3.63) is 24.3 Å². The van der Waals surface area contributed by atoms with Gasteiger partial charge in [0.15, 0.2) is 6.04 Å². The fourth-order valence-corrected chi connectivity index (χ4v) is 6.28. The Hall–Kier alpha value is -2.04. The van der Waals surface area contributed by atoms with E-state index in [9.17, 15) is 34.1 Å². The van der Waals surface area contributed by atoms with Gasteiger partial charge in [0, 0.05) is 12.8 Å². The molecule has 0 spiro atoms. The number of amides is 1. The zero-order chi connectivity index (χ0) is 38.5. The van der Waals surface area contributed by atoms with Gasteiger partial charge in [-0.05, 0) is 38.5 Å². The van der Waals surface area contributed by atoms with Gasteiger partial charge in [-0.3, -0.25) is 18.6 Å². The van der Waals surface area contributed by atoms with Crippen molar-refractivity contribution in [2.45, 2.75) is 193 Å². The molecule has 0 aromatic carbocycles. The second kappa shape index (κ2) is 36.0. The van der Waals surface area contributed by atoms with Crippen LogP contribution in [0.5, 0.6) is 0 Å². The molecule has 0 aliphatic carbocycles. The Morgan fingerprint density at radius 3 is 1.62 bits per heavy atom. The third kappa shape index (κ3) is 35.0. The number of allylic oxidation sites excluding steroid dienone is 4. The van der Waals surface area contributed by atoms with E-state index in [0.29, 0.717) is 12.8 Å². The molecule has 0 aromatic heterocycles. The lowest BCUT2D eigenvalue weighted by molar-refractivity contribution is -0.147. The molecule has 0 heterocycles. The molecule has 0 aromatic rings. The van der Waals surface area contributed by atoms with Gasteiger partial charge in [0.25, 0.3) is 0 Å². The first kappa shape index (κ1) is 50.0. The van der Waals surface area contributed by atoms with Crippen LogP contribution in [0.1, 0.15) is 181 Å². The Labute approximate surface area is 315 Å². The van der Waals surface area contributed by atoms with E-state index in [-0.39, 0.29) is 12.8 Å². The van der Waals surface area contributed by atoms with Crippen LogP contribution in [0.3, 0.4) is 0 Å². The number of aliphatic hydroxyl groups is 1. The fourth-order valence-electron chi connectivity index (χ4n) is 5.51. The monoisotopic (exact) mass is 760 g/mol. The molecule has 0 saturated carbocycles. The summed E-state index contributed by atoms with van der Waals surface area (Å²) in [5, 5.41) is 21.8. The quantitative estimate of drug-likeness (QED) is 0.0206. The van der Waals surface area contributed by atoms with E-state index >= 15 is 0 Å². The van der Waals surface area contributed by atoms with Gasteiger partial charge >= 0.3 is 19.8 Å². The number of phosphoric acid groups is 1. The van der Waals surface area contributed by atoms with Crippen molar-refractivity contribution < 1.29 is 47.8 Å². The third-order valence-corrected chi connectivity index (χ3v) is 9.69. The SMILES string of the molecule is CCCC/C=C\C/C=C\CCCCCCCC(=O)NC(COP(=O)(O)OCC(O)COC(=O)CCCCCCCCCCCCCCCC)C(=O)O. The van der Waals surface area contributed by atoms with Crippen molar-refractivity contribution in [1.29, 1.82) is 0 Å². The molecule has 0 bridgehead atoms. The summed E-state index contributed by atoms with van der Waals surface area (Å²) in [6.45, 7) is 2.53. The third-order valence-electron chi connectivity index (χ3n) is 8.74. The number of hydrogen-bond donors (Lipinski definition) is 4. The van der Waals surface area contributed by atoms with E-state index in [1.165, 1.54) is 77.0 Å². The molecule has 0 aliphatic rings. The number of phosphoric ester groups is 1. The summed E-state index contributed by atoms with van der Waals surface area (Å²) >= 11 is 0. The molecule has 0 saturated heterocycles. The number of aliphatic carboxylic acids is 1. The number of carboxylic acids is 1. The van der Waals surface area contributed by atoms with Crippen molar-refractivity contribution in [2.75, 3.05) is 19.8 Å². The van der Waals surface area contributed by atoms with Gasteiger partial charge in [-0.15, -0.1) is 0 Å². The molecule has 0 fully saturated rings. The first-order valence-corrected chi connectivity index (χ1v) is 21.9. The zero-order valence-corrected chi connectivity index (χ0v) is 33.5. The Balaban J connectivity index is 3.95. The Morgan fingerprint density at radius 1 is 0.615 bits per heavy atom. The van der Waals surface area contributed by atoms with Crippen LogP contribution in [0.2, 0.25) is 0 Å². The molecule has 12 heteroatoms. The highest BCUT2D eigenvalue weighted by molar-refractivity contribution is 7.47. The van der Waals surface area contributed by atoms with Gasteiger partial charge < -0.3 is 25.2 Å². The first-order chi connectivity index (χ1) is 25.1. The fraction of sp³-hybridized carbons (Fsp3) is 0.825. The highest BCUT2D eigenvalue weighted by Crippen LogP contribution is 2.43. The number of carbonyl (C=O) groups excluding carboxylic acids is 2. The second-order valence-corrected chi connectivity index (χ2v) is 15.3. The highest BCUT2D eigenvalue weighted by atomic mass is 31.2. The van der Waals surface area contributed by atoms with E-state index in [1.54, 1.807) is 0 Å². The molecule has 0 rings (SSSR count). The summed E-state index contributed by atoms with van der Waals surface area (Å²) in [5.74, 6) is -2.39. The van der Waals surface area contributed by atoms with Crippen LogP contribution in [0, 0.1) is 0 Å². The molecule has 11 nitrogen and oxygen atoms in total. The van der Waals surface area contributed by atoms with Crippen molar-refractivity contribution in [2.24, 2.45) is 0 Å². The summed E-state index contributed by atoms with van der Waals surface area (Å²) in [5.41, 5.74) is 0. The van der Waals surface area contributed by atoms with E-state index in [4.69, 9.17) is 13.8 Å². The van der Waals surface area contributed by atoms with Gasteiger partial charge in [0.05, 0.1) is 13.2 Å². The molecule has 0 aliphatic heterocycles. The van der Waals surface area contributed by atoms with Crippen LogP contribution in [0.4, 0.5) is 0 Å². The number of unbranched alkanes of at least 4 members (excludes halogenated alkanes) is 20. The number of carbonyl (C=O) groups is 3. The number of esters is 1. The molecule has 52 heavy (non-hydrogen) atoms. The van der Waals surface area contributed by atoms with Gasteiger partial charge in [-0.25, -0.2) is 9.36 Å². The molecule has 4 N–H and O–H groups in total. The van der Waals surface area contributed by atoms with Crippen LogP contribution >= 0.6 is 7.82 Å². The van der Waals surface area contributed by atoms with Crippen LogP contribution in [-0.4, -0.2) is 64.9 Å². The first-order valence-electron chi connectivity index (χ1n) is 20.4. The smallest absolute Gasteiger partial charge is 0.472 e. The van der Waals surface area contributed by atoms with Gasteiger partial charge in [-0.2, -0.15) is 0 Å². The van der Waals surface area contributed by atoms with Crippen molar-refractivity contribution in [3.63, 3.8) is 0 Å².